The molecule has 0 unspecified atom stereocenters. The molecule has 0 aromatic heterocycles. The minimum absolute atomic E-state index is 0.0774. The second-order valence-electron chi connectivity index (χ2n) is 7.24. The van der Waals surface area contributed by atoms with E-state index in [4.69, 9.17) is 18.9 Å². The summed E-state index contributed by atoms with van der Waals surface area (Å²) < 4.78 is 21.7. The third-order valence-electron chi connectivity index (χ3n) is 4.94. The van der Waals surface area contributed by atoms with Crippen molar-refractivity contribution in [1.29, 1.82) is 0 Å². The lowest BCUT2D eigenvalue weighted by Gasteiger charge is -2.25. The highest BCUT2D eigenvalue weighted by Crippen LogP contribution is 2.33. The maximum Gasteiger partial charge on any atom is 0.330 e. The Morgan fingerprint density at radius 2 is 1.59 bits per heavy atom. The van der Waals surface area contributed by atoms with Crippen LogP contribution in [0.4, 0.5) is 0 Å². The maximum atomic E-state index is 12.3. The van der Waals surface area contributed by atoms with E-state index in [2.05, 4.69) is 0 Å². The van der Waals surface area contributed by atoms with Crippen molar-refractivity contribution in [2.24, 2.45) is 0 Å². The number of esters is 1. The Labute approximate surface area is 197 Å². The van der Waals surface area contributed by atoms with Gasteiger partial charge in [0.25, 0.3) is 0 Å². The number of para-hydroxylation sites is 2. The van der Waals surface area contributed by atoms with Crippen molar-refractivity contribution in [2.45, 2.75) is 12.2 Å². The summed E-state index contributed by atoms with van der Waals surface area (Å²) in [4.78, 5) is 12.3. The highest BCUT2D eigenvalue weighted by Gasteiger charge is 2.26. The molecule has 178 valence electrons. The van der Waals surface area contributed by atoms with E-state index in [0.717, 1.165) is 0 Å². The summed E-state index contributed by atoms with van der Waals surface area (Å²) >= 11 is 0. The average molecular weight is 466 g/mol. The lowest BCUT2D eigenvalue weighted by Crippen LogP contribution is -2.31. The van der Waals surface area contributed by atoms with Crippen LogP contribution in [-0.4, -0.2) is 48.2 Å². The summed E-state index contributed by atoms with van der Waals surface area (Å²) in [5.41, 5.74) is 1.10. The number of hydrogen-bond donors (Lipinski definition) is 3. The van der Waals surface area contributed by atoms with E-state index < -0.39 is 18.2 Å². The minimum Gasteiger partial charge on any atom is -0.508 e. The Bertz CT molecular complexity index is 1120. The smallest absolute Gasteiger partial charge is 0.330 e. The Morgan fingerprint density at radius 1 is 0.912 bits per heavy atom. The van der Waals surface area contributed by atoms with Crippen molar-refractivity contribution in [1.82, 2.24) is 0 Å². The fraction of sp³-hybridized carbons (Fsp3) is 0.192. The SMILES string of the molecule is COc1cc([C@@H](O)[C@H](COC(=O)/C=C/c2ccc(O)cc2)Oc2ccccc2OC)ccc1O. The van der Waals surface area contributed by atoms with Gasteiger partial charge in [-0.25, -0.2) is 4.79 Å². The predicted molar refractivity (Wildman–Crippen MR) is 125 cm³/mol. The number of benzene rings is 3. The van der Waals surface area contributed by atoms with Gasteiger partial charge < -0.3 is 34.3 Å². The molecule has 0 fully saturated rings. The summed E-state index contributed by atoms with van der Waals surface area (Å²) in [6.45, 7) is -0.277. The molecule has 0 radical (unpaired) electrons. The van der Waals surface area contributed by atoms with Gasteiger partial charge >= 0.3 is 5.97 Å². The number of methoxy groups -OCH3 is 2. The van der Waals surface area contributed by atoms with E-state index in [-0.39, 0.29) is 23.9 Å². The van der Waals surface area contributed by atoms with E-state index in [0.29, 0.717) is 22.6 Å². The standard InChI is InChI=1S/C26H26O8/c1-31-21-5-3-4-6-22(21)34-24(26(30)18-10-13-20(28)23(15-18)32-2)16-33-25(29)14-9-17-7-11-19(27)12-8-17/h3-15,24,26-28,30H,16H2,1-2H3/b14-9+/t24-,26+/m0/s1. The number of carbonyl (C=O) groups excluding carboxylic acids is 1. The van der Waals surface area contributed by atoms with Crippen molar-refractivity contribution in [3.63, 3.8) is 0 Å². The van der Waals surface area contributed by atoms with Crippen molar-refractivity contribution in [2.75, 3.05) is 20.8 Å². The second-order valence-corrected chi connectivity index (χ2v) is 7.24. The molecular weight excluding hydrogens is 440 g/mol. The summed E-state index contributed by atoms with van der Waals surface area (Å²) in [6.07, 6.45) is 0.548. The third-order valence-corrected chi connectivity index (χ3v) is 4.94. The van der Waals surface area contributed by atoms with Crippen LogP contribution >= 0.6 is 0 Å². The first kappa shape index (κ1) is 24.5. The fourth-order valence-corrected chi connectivity index (χ4v) is 3.12. The highest BCUT2D eigenvalue weighted by molar-refractivity contribution is 5.87. The zero-order valence-electron chi connectivity index (χ0n) is 18.8. The van der Waals surface area contributed by atoms with Gasteiger partial charge in [0.15, 0.2) is 29.1 Å². The molecule has 3 aromatic rings. The number of aliphatic hydroxyl groups is 1. The first-order chi connectivity index (χ1) is 16.4. The highest BCUT2D eigenvalue weighted by atomic mass is 16.6. The number of aromatic hydroxyl groups is 2. The van der Waals surface area contributed by atoms with Gasteiger partial charge in [-0.15, -0.1) is 0 Å². The molecule has 0 bridgehead atoms. The monoisotopic (exact) mass is 466 g/mol. The van der Waals surface area contributed by atoms with E-state index in [1.807, 2.05) is 0 Å². The first-order valence-electron chi connectivity index (χ1n) is 10.4. The quantitative estimate of drug-likeness (QED) is 0.305. The van der Waals surface area contributed by atoms with Crippen LogP contribution in [0, 0.1) is 0 Å². The van der Waals surface area contributed by atoms with Gasteiger partial charge in [0, 0.05) is 6.08 Å². The van der Waals surface area contributed by atoms with E-state index in [1.165, 1.54) is 50.6 Å². The molecule has 0 amide bonds. The van der Waals surface area contributed by atoms with Gasteiger partial charge in [0.2, 0.25) is 0 Å². The summed E-state index contributed by atoms with van der Waals surface area (Å²) in [5.74, 6) is 0.387. The molecule has 8 heteroatoms. The molecule has 34 heavy (non-hydrogen) atoms. The maximum absolute atomic E-state index is 12.3. The molecule has 0 saturated heterocycles. The Hall–Kier alpha value is -4.17. The molecule has 0 heterocycles. The summed E-state index contributed by atoms with van der Waals surface area (Å²) in [5, 5.41) is 30.2. The van der Waals surface area contributed by atoms with Crippen LogP contribution in [0.5, 0.6) is 28.7 Å². The Morgan fingerprint density at radius 3 is 2.26 bits per heavy atom. The number of phenolic OH excluding ortho intramolecular Hbond substituents is 2. The molecule has 8 nitrogen and oxygen atoms in total. The molecule has 0 saturated carbocycles. The van der Waals surface area contributed by atoms with Crippen molar-refractivity contribution < 1.29 is 39.1 Å². The number of rotatable bonds is 10. The Kier molecular flexibility index (Phi) is 8.37. The molecule has 2 atom stereocenters. The van der Waals surface area contributed by atoms with Crippen LogP contribution in [0.1, 0.15) is 17.2 Å². The predicted octanol–water partition coefficient (Wildman–Crippen LogP) is 3.85. The van der Waals surface area contributed by atoms with E-state index >= 15 is 0 Å². The molecule has 3 aromatic carbocycles. The number of aliphatic hydroxyl groups excluding tert-OH is 1. The van der Waals surface area contributed by atoms with Gasteiger partial charge in [-0.3, -0.25) is 0 Å². The van der Waals surface area contributed by atoms with Gasteiger partial charge in [-0.1, -0.05) is 30.3 Å². The van der Waals surface area contributed by atoms with Gasteiger partial charge in [-0.2, -0.15) is 0 Å². The average Bonchev–Trinajstić information content (AvgIpc) is 2.86. The summed E-state index contributed by atoms with van der Waals surface area (Å²) in [7, 11) is 2.89. The molecule has 0 spiro atoms. The van der Waals surface area contributed by atoms with Gasteiger partial charge in [0.05, 0.1) is 14.2 Å². The molecule has 3 rings (SSSR count). The summed E-state index contributed by atoms with van der Waals surface area (Å²) in [6, 6.07) is 17.6. The normalized spacial score (nSPS) is 12.7. The van der Waals surface area contributed by atoms with Gasteiger partial charge in [-0.05, 0) is 53.6 Å². The second kappa shape index (κ2) is 11.6. The van der Waals surface area contributed by atoms with Crippen LogP contribution in [0.3, 0.4) is 0 Å². The Balaban J connectivity index is 1.78. The number of phenols is 2. The number of ether oxygens (including phenoxy) is 4. The number of carbonyl (C=O) groups is 1. The van der Waals surface area contributed by atoms with Crippen LogP contribution in [0.25, 0.3) is 6.08 Å². The third kappa shape index (κ3) is 6.43. The molecule has 0 aliphatic heterocycles. The largest absolute Gasteiger partial charge is 0.508 e. The minimum atomic E-state index is -1.23. The molecule has 0 aliphatic rings. The first-order valence-corrected chi connectivity index (χ1v) is 10.4. The zero-order valence-corrected chi connectivity index (χ0v) is 18.8. The van der Waals surface area contributed by atoms with E-state index in [9.17, 15) is 20.1 Å². The van der Waals surface area contributed by atoms with Crippen LogP contribution in [0.15, 0.2) is 72.8 Å². The van der Waals surface area contributed by atoms with Crippen molar-refractivity contribution in [3.05, 3.63) is 83.9 Å². The van der Waals surface area contributed by atoms with Crippen LogP contribution < -0.4 is 14.2 Å². The van der Waals surface area contributed by atoms with Gasteiger partial charge in [0.1, 0.15) is 18.5 Å². The molecule has 0 aliphatic carbocycles. The number of hydrogen-bond acceptors (Lipinski definition) is 8. The van der Waals surface area contributed by atoms with Crippen molar-refractivity contribution in [3.8, 4) is 28.7 Å². The lowest BCUT2D eigenvalue weighted by atomic mass is 10.0. The zero-order chi connectivity index (χ0) is 24.5. The van der Waals surface area contributed by atoms with E-state index in [1.54, 1.807) is 42.5 Å². The topological polar surface area (TPSA) is 115 Å². The van der Waals surface area contributed by atoms with Crippen LogP contribution in [-0.2, 0) is 9.53 Å². The van der Waals surface area contributed by atoms with Crippen molar-refractivity contribution >= 4 is 12.0 Å². The molecular formula is C26H26O8. The molecule has 3 N–H and O–H groups in total. The lowest BCUT2D eigenvalue weighted by molar-refractivity contribution is -0.142. The van der Waals surface area contributed by atoms with Crippen LogP contribution in [0.2, 0.25) is 0 Å². The fourth-order valence-electron chi connectivity index (χ4n) is 3.12.